The van der Waals surface area contributed by atoms with Gasteiger partial charge < -0.3 is 15.7 Å². The fraction of sp³-hybridized carbons (Fsp3) is 0.938. The van der Waals surface area contributed by atoms with E-state index in [0.717, 1.165) is 43.4 Å². The minimum atomic E-state index is -0.557. The molecule has 0 aromatic carbocycles. The summed E-state index contributed by atoms with van der Waals surface area (Å²) in [4.78, 5) is 4.64. The molecule has 0 heterocycles. The molecule has 0 spiro atoms. The number of thioether (sulfide) groups is 1. The molecule has 2 rings (SSSR count). The molecule has 2 aliphatic rings. The van der Waals surface area contributed by atoms with Crippen molar-refractivity contribution in [3.8, 4) is 0 Å². The summed E-state index contributed by atoms with van der Waals surface area (Å²) in [6.07, 6.45) is 7.82. The van der Waals surface area contributed by atoms with Crippen molar-refractivity contribution >= 4 is 41.7 Å². The first-order chi connectivity index (χ1) is 10.1. The topological polar surface area (TPSA) is 56.7 Å². The normalized spacial score (nSPS) is 27.5. The Hall–Kier alpha value is 0.310. The van der Waals surface area contributed by atoms with Crippen molar-refractivity contribution in [1.82, 2.24) is 10.6 Å². The van der Waals surface area contributed by atoms with Gasteiger partial charge >= 0.3 is 0 Å². The summed E-state index contributed by atoms with van der Waals surface area (Å²) in [5, 5.41) is 18.1. The number of rotatable bonds is 6. The second-order valence-corrected chi connectivity index (χ2v) is 7.94. The number of nitrogens with zero attached hydrogens (tertiary/aromatic N) is 1. The van der Waals surface area contributed by atoms with Gasteiger partial charge in [-0.1, -0.05) is 19.8 Å². The van der Waals surface area contributed by atoms with Gasteiger partial charge in [-0.25, -0.2) is 0 Å². The van der Waals surface area contributed by atoms with Crippen molar-refractivity contribution < 1.29 is 5.11 Å². The second-order valence-electron chi connectivity index (χ2n) is 6.36. The van der Waals surface area contributed by atoms with Crippen LogP contribution in [0.3, 0.4) is 0 Å². The number of hydrogen-bond donors (Lipinski definition) is 3. The van der Waals surface area contributed by atoms with E-state index in [1.807, 2.05) is 0 Å². The molecule has 2 atom stereocenters. The van der Waals surface area contributed by atoms with Crippen LogP contribution in [0.2, 0.25) is 0 Å². The number of aliphatic hydroxyl groups is 1. The van der Waals surface area contributed by atoms with Gasteiger partial charge in [0.05, 0.1) is 12.1 Å². The van der Waals surface area contributed by atoms with Gasteiger partial charge in [0.15, 0.2) is 5.96 Å². The van der Waals surface area contributed by atoms with Crippen molar-refractivity contribution in [3.63, 3.8) is 0 Å². The van der Waals surface area contributed by atoms with E-state index in [1.165, 1.54) is 25.0 Å². The Bertz CT molecular complexity index is 348. The Labute approximate surface area is 156 Å². The lowest BCUT2D eigenvalue weighted by Crippen LogP contribution is -2.43. The van der Waals surface area contributed by atoms with E-state index in [-0.39, 0.29) is 24.0 Å². The Morgan fingerprint density at radius 1 is 1.27 bits per heavy atom. The Kier molecular flexibility index (Phi) is 9.47. The molecule has 0 aromatic heterocycles. The van der Waals surface area contributed by atoms with Crippen molar-refractivity contribution in [1.29, 1.82) is 0 Å². The zero-order chi connectivity index (χ0) is 15.1. The third-order valence-electron chi connectivity index (χ3n) is 4.54. The van der Waals surface area contributed by atoms with Gasteiger partial charge in [-0.15, -0.1) is 24.0 Å². The quantitative estimate of drug-likeness (QED) is 0.337. The molecule has 2 unspecified atom stereocenters. The highest BCUT2D eigenvalue weighted by Gasteiger charge is 2.31. The molecule has 0 aliphatic heterocycles. The van der Waals surface area contributed by atoms with E-state index in [9.17, 15) is 5.11 Å². The zero-order valence-corrected chi connectivity index (χ0v) is 17.1. The van der Waals surface area contributed by atoms with Crippen LogP contribution < -0.4 is 10.6 Å². The minimum Gasteiger partial charge on any atom is -0.388 e. The Morgan fingerprint density at radius 2 is 2.00 bits per heavy atom. The molecule has 0 saturated heterocycles. The van der Waals surface area contributed by atoms with Crippen LogP contribution >= 0.6 is 35.7 Å². The number of guanidine groups is 1. The second kappa shape index (κ2) is 10.2. The fourth-order valence-corrected chi connectivity index (χ4v) is 4.53. The van der Waals surface area contributed by atoms with Gasteiger partial charge in [-0.05, 0) is 44.8 Å². The smallest absolute Gasteiger partial charge is 0.191 e. The summed E-state index contributed by atoms with van der Waals surface area (Å²) in [5.74, 6) is 2.09. The average molecular weight is 441 g/mol. The predicted molar refractivity (Wildman–Crippen MR) is 108 cm³/mol. The molecule has 0 radical (unpaired) electrons. The first-order valence-corrected chi connectivity index (χ1v) is 9.59. The van der Waals surface area contributed by atoms with Crippen LogP contribution in [0.25, 0.3) is 0 Å². The molecule has 130 valence electrons. The third-order valence-corrected chi connectivity index (χ3v) is 5.77. The van der Waals surface area contributed by atoms with Crippen molar-refractivity contribution in [2.24, 2.45) is 4.99 Å². The largest absolute Gasteiger partial charge is 0.388 e. The van der Waals surface area contributed by atoms with Crippen LogP contribution in [-0.2, 0) is 0 Å². The Morgan fingerprint density at radius 3 is 2.64 bits per heavy atom. The van der Waals surface area contributed by atoms with Gasteiger partial charge in [-0.3, -0.25) is 4.99 Å². The van der Waals surface area contributed by atoms with Crippen molar-refractivity contribution in [3.05, 3.63) is 0 Å². The molecule has 3 N–H and O–H groups in total. The van der Waals surface area contributed by atoms with E-state index in [2.05, 4.69) is 41.2 Å². The summed E-state index contributed by atoms with van der Waals surface area (Å²) in [6, 6.07) is 0.532. The van der Waals surface area contributed by atoms with E-state index in [4.69, 9.17) is 0 Å². The van der Waals surface area contributed by atoms with E-state index in [1.54, 1.807) is 0 Å². The summed E-state index contributed by atoms with van der Waals surface area (Å²) in [7, 11) is 0. The first-order valence-electron chi connectivity index (χ1n) is 8.54. The summed E-state index contributed by atoms with van der Waals surface area (Å²) in [6.45, 7) is 5.72. The summed E-state index contributed by atoms with van der Waals surface area (Å²) < 4.78 is 0. The monoisotopic (exact) mass is 441 g/mol. The highest BCUT2D eigenvalue weighted by Crippen LogP contribution is 2.30. The Balaban J connectivity index is 0.00000242. The molecule has 0 bridgehead atoms. The molecule has 2 aliphatic carbocycles. The molecular weight excluding hydrogens is 409 g/mol. The maximum atomic E-state index is 10.4. The standard InChI is InChI=1S/C16H31N3OS.HI/c1-3-17-15(18-12-16(20)9-5-6-10-16)19-13-7-8-14(11-13)21-4-2;/h13-14,20H,3-12H2,1-2H3,(H2,17,18,19);1H. The van der Waals surface area contributed by atoms with Crippen LogP contribution in [0.15, 0.2) is 4.99 Å². The maximum Gasteiger partial charge on any atom is 0.191 e. The lowest BCUT2D eigenvalue weighted by Gasteiger charge is -2.22. The first kappa shape index (κ1) is 20.4. The summed E-state index contributed by atoms with van der Waals surface area (Å²) >= 11 is 2.08. The van der Waals surface area contributed by atoms with Gasteiger partial charge in [0.1, 0.15) is 0 Å². The minimum absolute atomic E-state index is 0. The van der Waals surface area contributed by atoms with Crippen LogP contribution in [0.1, 0.15) is 58.8 Å². The molecule has 0 aromatic rings. The predicted octanol–water partition coefficient (Wildman–Crippen LogP) is 3.14. The van der Waals surface area contributed by atoms with Crippen LogP contribution in [0, 0.1) is 0 Å². The number of halogens is 1. The van der Waals surface area contributed by atoms with E-state index < -0.39 is 5.60 Å². The van der Waals surface area contributed by atoms with E-state index in [0.29, 0.717) is 12.6 Å². The number of hydrogen-bond acceptors (Lipinski definition) is 3. The van der Waals surface area contributed by atoms with Gasteiger partial charge in [-0.2, -0.15) is 11.8 Å². The maximum absolute atomic E-state index is 10.4. The van der Waals surface area contributed by atoms with Crippen molar-refractivity contribution in [2.45, 2.75) is 75.7 Å². The van der Waals surface area contributed by atoms with E-state index >= 15 is 0 Å². The zero-order valence-electron chi connectivity index (χ0n) is 13.9. The van der Waals surface area contributed by atoms with Gasteiger partial charge in [0, 0.05) is 17.8 Å². The number of nitrogens with one attached hydrogen (secondary N) is 2. The number of aliphatic imine (C=N–C) groups is 1. The average Bonchev–Trinajstić information content (AvgIpc) is 3.07. The lowest BCUT2D eigenvalue weighted by molar-refractivity contribution is 0.0574. The SMILES string of the molecule is CCNC(=NCC1(O)CCCC1)NC1CCC(SCC)C1.I. The van der Waals surface area contributed by atoms with Crippen LogP contribution in [-0.4, -0.2) is 46.8 Å². The van der Waals surface area contributed by atoms with Gasteiger partial charge in [0.25, 0.3) is 0 Å². The highest BCUT2D eigenvalue weighted by molar-refractivity contribution is 14.0. The molecule has 4 nitrogen and oxygen atoms in total. The molecule has 6 heteroatoms. The molecule has 2 saturated carbocycles. The fourth-order valence-electron chi connectivity index (χ4n) is 3.39. The van der Waals surface area contributed by atoms with Gasteiger partial charge in [0.2, 0.25) is 0 Å². The van der Waals surface area contributed by atoms with Crippen molar-refractivity contribution in [2.75, 3.05) is 18.8 Å². The van der Waals surface area contributed by atoms with Crippen LogP contribution in [0.4, 0.5) is 0 Å². The van der Waals surface area contributed by atoms with Crippen LogP contribution in [0.5, 0.6) is 0 Å². The molecule has 2 fully saturated rings. The molecule has 0 amide bonds. The lowest BCUT2D eigenvalue weighted by atomic mass is 10.0. The highest BCUT2D eigenvalue weighted by atomic mass is 127. The third kappa shape index (κ3) is 6.43. The molecular formula is C16H32IN3OS. The summed E-state index contributed by atoms with van der Waals surface area (Å²) in [5.41, 5.74) is -0.557. The molecule has 22 heavy (non-hydrogen) atoms.